The first-order chi connectivity index (χ1) is 21.6. The number of aryl methyl sites for hydroxylation is 1. The molecule has 0 radical (unpaired) electrons. The number of rotatable bonds is 8. The van der Waals surface area contributed by atoms with Crippen LogP contribution in [0.2, 0.25) is 0 Å². The van der Waals surface area contributed by atoms with Gasteiger partial charge >= 0.3 is 12.3 Å². The summed E-state index contributed by atoms with van der Waals surface area (Å²) in [5, 5.41) is 14.5. The Morgan fingerprint density at radius 2 is 1.80 bits per heavy atom. The molecule has 2 unspecified atom stereocenters. The largest absolute Gasteiger partial charge is 0.573 e. The second-order valence-corrected chi connectivity index (χ2v) is 13.4. The van der Waals surface area contributed by atoms with Gasteiger partial charge in [-0.2, -0.15) is 0 Å². The van der Waals surface area contributed by atoms with Gasteiger partial charge in [-0.3, -0.25) is 0 Å². The van der Waals surface area contributed by atoms with E-state index in [1.807, 2.05) is 17.7 Å². The molecule has 11 heteroatoms. The van der Waals surface area contributed by atoms with Crippen molar-refractivity contribution in [2.45, 2.75) is 88.4 Å². The van der Waals surface area contributed by atoms with Crippen LogP contribution in [0.4, 0.5) is 18.9 Å². The van der Waals surface area contributed by atoms with Crippen LogP contribution in [0.1, 0.15) is 79.0 Å². The summed E-state index contributed by atoms with van der Waals surface area (Å²) in [4.78, 5) is 14.2. The molecule has 4 aromatic rings. The number of para-hydroxylation sites is 1. The monoisotopic (exact) mass is 621 g/mol. The highest BCUT2D eigenvalue weighted by atomic mass is 19.4. The number of fused-ring (bicyclic) bond motifs is 3. The Labute approximate surface area is 257 Å². The smallest absolute Gasteiger partial charge is 0.478 e. The zero-order chi connectivity index (χ0) is 31.1. The van der Waals surface area contributed by atoms with Crippen LogP contribution >= 0.6 is 0 Å². The van der Waals surface area contributed by atoms with Gasteiger partial charge in [0.1, 0.15) is 17.2 Å². The fourth-order valence-electron chi connectivity index (χ4n) is 8.34. The molecule has 4 aliphatic rings. The van der Waals surface area contributed by atoms with E-state index in [1.54, 1.807) is 18.3 Å². The summed E-state index contributed by atoms with van der Waals surface area (Å²) >= 11 is 0. The van der Waals surface area contributed by atoms with E-state index in [9.17, 15) is 23.1 Å². The molecule has 2 aromatic heterocycles. The van der Waals surface area contributed by atoms with Crippen molar-refractivity contribution in [3.63, 3.8) is 0 Å². The zero-order valence-corrected chi connectivity index (χ0v) is 24.8. The quantitative estimate of drug-likeness (QED) is 0.215. The molecular weight excluding hydrogens is 587 g/mol. The lowest BCUT2D eigenvalue weighted by molar-refractivity contribution is -0.274. The molecule has 0 amide bonds. The summed E-state index contributed by atoms with van der Waals surface area (Å²) in [6.07, 6.45) is 5.22. The summed E-state index contributed by atoms with van der Waals surface area (Å²) in [5.41, 5.74) is 3.93. The van der Waals surface area contributed by atoms with Crippen LogP contribution in [0.5, 0.6) is 5.75 Å². The van der Waals surface area contributed by atoms with Crippen molar-refractivity contribution in [1.29, 1.82) is 0 Å². The second kappa shape index (κ2) is 10.3. The highest BCUT2D eigenvalue weighted by molar-refractivity contribution is 6.04. The van der Waals surface area contributed by atoms with Crippen LogP contribution in [0, 0.1) is 5.41 Å². The van der Waals surface area contributed by atoms with Crippen molar-refractivity contribution in [3.05, 3.63) is 65.5 Å². The van der Waals surface area contributed by atoms with Gasteiger partial charge < -0.3 is 28.6 Å². The fourth-order valence-corrected chi connectivity index (χ4v) is 8.34. The molecule has 2 bridgehead atoms. The molecule has 4 heterocycles. The number of ether oxygens (including phenoxy) is 2. The number of aromatic nitrogens is 2. The van der Waals surface area contributed by atoms with Gasteiger partial charge in [0.05, 0.1) is 23.8 Å². The van der Waals surface area contributed by atoms with Gasteiger partial charge in [-0.05, 0) is 87.1 Å². The summed E-state index contributed by atoms with van der Waals surface area (Å²) < 4.78 is 57.7. The van der Waals surface area contributed by atoms with Gasteiger partial charge in [-0.15, -0.1) is 13.2 Å². The molecule has 1 N–H and O–H groups in total. The number of alkyl halides is 3. The minimum Gasteiger partial charge on any atom is -0.478 e. The van der Waals surface area contributed by atoms with Crippen molar-refractivity contribution in [3.8, 4) is 17.0 Å². The summed E-state index contributed by atoms with van der Waals surface area (Å²) in [6.45, 7) is 0.236. The third-order valence-corrected chi connectivity index (χ3v) is 10.4. The van der Waals surface area contributed by atoms with Gasteiger partial charge in [0.25, 0.3) is 0 Å². The Morgan fingerprint density at radius 3 is 2.49 bits per heavy atom. The van der Waals surface area contributed by atoms with Crippen molar-refractivity contribution >= 4 is 22.6 Å². The lowest BCUT2D eigenvalue weighted by Gasteiger charge is -2.55. The van der Waals surface area contributed by atoms with E-state index in [1.165, 1.54) is 12.1 Å². The van der Waals surface area contributed by atoms with Crippen molar-refractivity contribution in [2.75, 3.05) is 4.90 Å². The van der Waals surface area contributed by atoms with Crippen LogP contribution in [0.15, 0.2) is 53.2 Å². The topological polar surface area (TPSA) is 90.0 Å². The molecule has 2 saturated carbocycles. The Kier molecular flexibility index (Phi) is 6.50. The average Bonchev–Trinajstić information content (AvgIpc) is 3.56. The normalized spacial score (nSPS) is 26.0. The number of hydrogen-bond acceptors (Lipinski definition) is 6. The number of nitrogens with zero attached hydrogens (tertiary/aromatic N) is 3. The predicted molar refractivity (Wildman–Crippen MR) is 159 cm³/mol. The van der Waals surface area contributed by atoms with Crippen LogP contribution in [-0.2, 0) is 18.4 Å². The van der Waals surface area contributed by atoms with E-state index < -0.39 is 12.3 Å². The van der Waals surface area contributed by atoms with E-state index in [0.717, 1.165) is 68.0 Å². The Balaban J connectivity index is 0.959. The summed E-state index contributed by atoms with van der Waals surface area (Å²) in [6, 6.07) is 13.0. The van der Waals surface area contributed by atoms with E-state index in [4.69, 9.17) is 9.26 Å². The van der Waals surface area contributed by atoms with Gasteiger partial charge in [0, 0.05) is 53.4 Å². The first-order valence-electron chi connectivity index (χ1n) is 15.6. The van der Waals surface area contributed by atoms with E-state index in [0.29, 0.717) is 34.7 Å². The highest BCUT2D eigenvalue weighted by Gasteiger charge is 2.54. The SMILES string of the molecule is Cn1cc(C(=O)O)c2ccc(N3C4CCC3CC3(CC(OCc5c(-c6ccccc6OC(F)(F)F)noc5C5CC5)C3)C4)cc21. The highest BCUT2D eigenvalue weighted by Crippen LogP contribution is 2.58. The first kappa shape index (κ1) is 28.5. The number of carboxylic acid groups (broad SMARTS) is 1. The third-order valence-electron chi connectivity index (χ3n) is 10.4. The standard InChI is InChI=1S/C34H34F3N3O5/c1-39-17-26(32(41)42)24-11-10-20(12-28(24)39)40-21-8-9-22(40)14-33(13-21)15-23(16-33)43-18-27-30(38-45-31(27)19-6-7-19)25-4-2-3-5-29(25)44-34(35,36)37/h2-5,10-12,17,19,21-23H,6-9,13-16,18H2,1H3,(H,41,42). The second-order valence-electron chi connectivity index (χ2n) is 13.4. The minimum atomic E-state index is -4.82. The lowest BCUT2D eigenvalue weighted by atomic mass is 9.59. The average molecular weight is 622 g/mol. The van der Waals surface area contributed by atoms with E-state index >= 15 is 0 Å². The number of anilines is 1. The molecule has 4 fully saturated rings. The molecule has 8 rings (SSSR count). The van der Waals surface area contributed by atoms with Crippen LogP contribution in [-0.4, -0.2) is 45.3 Å². The van der Waals surface area contributed by atoms with E-state index in [-0.39, 0.29) is 35.4 Å². The van der Waals surface area contributed by atoms with Gasteiger partial charge in [0.15, 0.2) is 0 Å². The summed E-state index contributed by atoms with van der Waals surface area (Å²) in [7, 11) is 1.89. The lowest BCUT2D eigenvalue weighted by Crippen LogP contribution is -2.54. The van der Waals surface area contributed by atoms with Gasteiger partial charge in [-0.1, -0.05) is 17.3 Å². The molecule has 2 saturated heterocycles. The van der Waals surface area contributed by atoms with Crippen LogP contribution in [0.25, 0.3) is 22.2 Å². The molecule has 8 nitrogen and oxygen atoms in total. The maximum Gasteiger partial charge on any atom is 0.573 e. The van der Waals surface area contributed by atoms with Gasteiger partial charge in [0.2, 0.25) is 0 Å². The van der Waals surface area contributed by atoms with Gasteiger partial charge in [-0.25, -0.2) is 4.79 Å². The first-order valence-corrected chi connectivity index (χ1v) is 15.6. The Morgan fingerprint density at radius 1 is 1.07 bits per heavy atom. The maximum atomic E-state index is 13.1. The number of carbonyl (C=O) groups is 1. The Bertz CT molecular complexity index is 1770. The number of hydrogen-bond donors (Lipinski definition) is 1. The number of carboxylic acids is 1. The molecule has 2 aliphatic heterocycles. The van der Waals surface area contributed by atoms with Crippen LogP contribution in [0.3, 0.4) is 0 Å². The van der Waals surface area contributed by atoms with E-state index in [2.05, 4.69) is 26.9 Å². The molecule has 45 heavy (non-hydrogen) atoms. The molecular formula is C34H34F3N3O5. The summed E-state index contributed by atoms with van der Waals surface area (Å²) in [5.74, 6) is -0.295. The van der Waals surface area contributed by atoms with Crippen LogP contribution < -0.4 is 9.64 Å². The molecule has 2 aromatic carbocycles. The molecule has 2 aliphatic carbocycles. The van der Waals surface area contributed by atoms with Crippen molar-refractivity contribution < 1.29 is 37.1 Å². The molecule has 1 spiro atoms. The number of piperidine rings is 1. The number of halogens is 3. The zero-order valence-electron chi connectivity index (χ0n) is 24.8. The number of aromatic carboxylic acids is 1. The maximum absolute atomic E-state index is 13.1. The molecule has 2 atom stereocenters. The van der Waals surface area contributed by atoms with Crippen molar-refractivity contribution in [2.24, 2.45) is 12.5 Å². The molecule has 236 valence electrons. The predicted octanol–water partition coefficient (Wildman–Crippen LogP) is 7.80. The third kappa shape index (κ3) is 5.05. The van der Waals surface area contributed by atoms with Crippen molar-refractivity contribution in [1.82, 2.24) is 9.72 Å². The fraction of sp³-hybridized carbons (Fsp3) is 0.471. The number of benzene rings is 2. The minimum absolute atomic E-state index is 0.0709. The Hall–Kier alpha value is -3.99.